The Morgan fingerprint density at radius 1 is 1.00 bits per heavy atom. The van der Waals surface area contributed by atoms with Crippen molar-refractivity contribution in [2.75, 3.05) is 43.9 Å². The van der Waals surface area contributed by atoms with Crippen LogP contribution in [0.1, 0.15) is 12.0 Å². The van der Waals surface area contributed by atoms with Crippen LogP contribution >= 0.6 is 0 Å². The molecule has 1 amide bonds. The van der Waals surface area contributed by atoms with Crippen molar-refractivity contribution in [2.45, 2.75) is 18.2 Å². The molecule has 28 heavy (non-hydrogen) atoms. The molecule has 3 rings (SSSR count). The maximum absolute atomic E-state index is 12.5. The van der Waals surface area contributed by atoms with Gasteiger partial charge in [0.25, 0.3) is 0 Å². The fraction of sp³-hybridized carbons (Fsp3) is 0.381. The number of para-hydroxylation sites is 2. The Balaban J connectivity index is 1.55. The first-order valence-corrected chi connectivity index (χ1v) is 11.0. The summed E-state index contributed by atoms with van der Waals surface area (Å²) in [6.07, 6.45) is 0.00483. The van der Waals surface area contributed by atoms with Gasteiger partial charge in [-0.25, -0.2) is 8.42 Å². The SMILES string of the molecule is COc1ccccc1N1CCN(C(=O)CCS(=O)(=O)c2ccc(C)cc2)CC1. The summed E-state index contributed by atoms with van der Waals surface area (Å²) in [6, 6.07) is 14.6. The molecule has 1 heterocycles. The molecule has 1 saturated heterocycles. The van der Waals surface area contributed by atoms with E-state index in [9.17, 15) is 13.2 Å². The van der Waals surface area contributed by atoms with Crippen molar-refractivity contribution in [2.24, 2.45) is 0 Å². The maximum Gasteiger partial charge on any atom is 0.223 e. The van der Waals surface area contributed by atoms with E-state index < -0.39 is 9.84 Å². The number of carbonyl (C=O) groups excluding carboxylic acids is 1. The monoisotopic (exact) mass is 402 g/mol. The number of amides is 1. The van der Waals surface area contributed by atoms with E-state index in [4.69, 9.17) is 4.74 Å². The van der Waals surface area contributed by atoms with E-state index in [2.05, 4.69) is 4.90 Å². The van der Waals surface area contributed by atoms with Crippen molar-refractivity contribution in [3.63, 3.8) is 0 Å². The van der Waals surface area contributed by atoms with Gasteiger partial charge in [0.15, 0.2) is 9.84 Å². The number of hydrogen-bond donors (Lipinski definition) is 0. The van der Waals surface area contributed by atoms with Crippen LogP contribution in [0.25, 0.3) is 0 Å². The molecule has 1 aliphatic rings. The topological polar surface area (TPSA) is 66.9 Å². The maximum atomic E-state index is 12.5. The van der Waals surface area contributed by atoms with E-state index in [0.717, 1.165) is 17.0 Å². The minimum Gasteiger partial charge on any atom is -0.495 e. The van der Waals surface area contributed by atoms with E-state index in [0.29, 0.717) is 26.2 Å². The number of sulfone groups is 1. The molecular weight excluding hydrogens is 376 g/mol. The zero-order valence-electron chi connectivity index (χ0n) is 16.3. The van der Waals surface area contributed by atoms with Crippen LogP contribution in [0.15, 0.2) is 53.4 Å². The Morgan fingerprint density at radius 3 is 2.29 bits per heavy atom. The van der Waals surface area contributed by atoms with Gasteiger partial charge in [0.2, 0.25) is 5.91 Å². The van der Waals surface area contributed by atoms with Gasteiger partial charge in [-0.1, -0.05) is 29.8 Å². The summed E-state index contributed by atoms with van der Waals surface area (Å²) in [4.78, 5) is 16.7. The highest BCUT2D eigenvalue weighted by Gasteiger charge is 2.24. The van der Waals surface area contributed by atoms with Crippen LogP contribution in [0.3, 0.4) is 0 Å². The Kier molecular flexibility index (Phi) is 6.24. The molecule has 0 aromatic heterocycles. The van der Waals surface area contributed by atoms with E-state index in [1.54, 1.807) is 36.3 Å². The van der Waals surface area contributed by atoms with Crippen molar-refractivity contribution in [1.29, 1.82) is 0 Å². The Bertz CT molecular complexity index is 918. The number of carbonyl (C=O) groups is 1. The van der Waals surface area contributed by atoms with Gasteiger partial charge in [0.1, 0.15) is 5.75 Å². The van der Waals surface area contributed by atoms with E-state index in [1.807, 2.05) is 31.2 Å². The number of ether oxygens (including phenoxy) is 1. The predicted molar refractivity (Wildman–Crippen MR) is 110 cm³/mol. The number of methoxy groups -OCH3 is 1. The quantitative estimate of drug-likeness (QED) is 0.743. The van der Waals surface area contributed by atoms with E-state index in [1.165, 1.54) is 0 Å². The Labute approximate surface area is 166 Å². The van der Waals surface area contributed by atoms with Gasteiger partial charge in [-0.15, -0.1) is 0 Å². The fourth-order valence-electron chi connectivity index (χ4n) is 3.33. The molecule has 1 fully saturated rings. The number of aryl methyl sites for hydroxylation is 1. The highest BCUT2D eigenvalue weighted by molar-refractivity contribution is 7.91. The molecule has 0 saturated carbocycles. The molecule has 7 heteroatoms. The van der Waals surface area contributed by atoms with Gasteiger partial charge in [0, 0.05) is 32.6 Å². The third-order valence-corrected chi connectivity index (χ3v) is 6.75. The number of anilines is 1. The summed E-state index contributed by atoms with van der Waals surface area (Å²) in [5.41, 5.74) is 2.02. The molecule has 0 radical (unpaired) electrons. The second-order valence-electron chi connectivity index (χ2n) is 6.92. The fourth-order valence-corrected chi connectivity index (χ4v) is 4.56. The summed E-state index contributed by atoms with van der Waals surface area (Å²) in [6.45, 7) is 4.43. The lowest BCUT2D eigenvalue weighted by atomic mass is 10.2. The Morgan fingerprint density at radius 2 is 1.64 bits per heavy atom. The molecule has 0 spiro atoms. The van der Waals surface area contributed by atoms with Crippen LogP contribution in [0.4, 0.5) is 5.69 Å². The van der Waals surface area contributed by atoms with E-state index in [-0.39, 0.29) is 23.0 Å². The molecule has 2 aromatic carbocycles. The van der Waals surface area contributed by atoms with Crippen LogP contribution in [0.2, 0.25) is 0 Å². The van der Waals surface area contributed by atoms with Crippen molar-refractivity contribution < 1.29 is 17.9 Å². The first-order chi connectivity index (χ1) is 13.4. The lowest BCUT2D eigenvalue weighted by Crippen LogP contribution is -2.49. The summed E-state index contributed by atoms with van der Waals surface area (Å²) in [5.74, 6) is 0.531. The highest BCUT2D eigenvalue weighted by atomic mass is 32.2. The smallest absolute Gasteiger partial charge is 0.223 e. The second-order valence-corrected chi connectivity index (χ2v) is 9.03. The summed E-state index contributed by atoms with van der Waals surface area (Å²) >= 11 is 0. The lowest BCUT2D eigenvalue weighted by molar-refractivity contribution is -0.131. The predicted octanol–water partition coefficient (Wildman–Crippen LogP) is 2.52. The molecule has 0 atom stereocenters. The molecule has 0 N–H and O–H groups in total. The molecule has 0 aliphatic carbocycles. The van der Waals surface area contributed by atoms with Crippen LogP contribution in [-0.4, -0.2) is 58.3 Å². The van der Waals surface area contributed by atoms with Crippen LogP contribution < -0.4 is 9.64 Å². The minimum absolute atomic E-state index is 0.00483. The molecule has 2 aromatic rings. The molecule has 150 valence electrons. The van der Waals surface area contributed by atoms with Crippen molar-refractivity contribution in [1.82, 2.24) is 4.90 Å². The molecule has 0 bridgehead atoms. The van der Waals surface area contributed by atoms with Crippen molar-refractivity contribution in [3.05, 3.63) is 54.1 Å². The first-order valence-electron chi connectivity index (χ1n) is 9.36. The summed E-state index contributed by atoms with van der Waals surface area (Å²) in [5, 5.41) is 0. The third kappa shape index (κ3) is 4.65. The molecule has 6 nitrogen and oxygen atoms in total. The van der Waals surface area contributed by atoms with Crippen LogP contribution in [-0.2, 0) is 14.6 Å². The van der Waals surface area contributed by atoms with Crippen LogP contribution in [0.5, 0.6) is 5.75 Å². The van der Waals surface area contributed by atoms with Gasteiger partial charge >= 0.3 is 0 Å². The number of hydrogen-bond acceptors (Lipinski definition) is 5. The number of piperazine rings is 1. The molecular formula is C21H26N2O4S. The van der Waals surface area contributed by atoms with E-state index >= 15 is 0 Å². The summed E-state index contributed by atoms with van der Waals surface area (Å²) < 4.78 is 30.3. The third-order valence-electron chi connectivity index (χ3n) is 5.02. The van der Waals surface area contributed by atoms with Gasteiger partial charge in [0.05, 0.1) is 23.4 Å². The van der Waals surface area contributed by atoms with Gasteiger partial charge in [-0.2, -0.15) is 0 Å². The lowest BCUT2D eigenvalue weighted by Gasteiger charge is -2.36. The largest absolute Gasteiger partial charge is 0.495 e. The minimum atomic E-state index is -3.45. The average molecular weight is 403 g/mol. The van der Waals surface area contributed by atoms with Crippen molar-refractivity contribution in [3.8, 4) is 5.75 Å². The van der Waals surface area contributed by atoms with Gasteiger partial charge in [-0.3, -0.25) is 4.79 Å². The Hall–Kier alpha value is -2.54. The summed E-state index contributed by atoms with van der Waals surface area (Å²) in [7, 11) is -1.80. The number of nitrogens with zero attached hydrogens (tertiary/aromatic N) is 2. The average Bonchev–Trinajstić information content (AvgIpc) is 2.72. The van der Waals surface area contributed by atoms with Crippen molar-refractivity contribution >= 4 is 21.4 Å². The molecule has 1 aliphatic heterocycles. The van der Waals surface area contributed by atoms with Gasteiger partial charge in [-0.05, 0) is 31.2 Å². The number of rotatable bonds is 6. The number of benzene rings is 2. The highest BCUT2D eigenvalue weighted by Crippen LogP contribution is 2.28. The second kappa shape index (κ2) is 8.65. The first kappa shape index (κ1) is 20.2. The van der Waals surface area contributed by atoms with Gasteiger partial charge < -0.3 is 14.5 Å². The zero-order chi connectivity index (χ0) is 20.1. The normalized spacial score (nSPS) is 14.8. The standard InChI is InChI=1S/C21H26N2O4S/c1-17-7-9-18(10-8-17)28(25,26)16-11-21(24)23-14-12-22(13-15-23)19-5-3-4-6-20(19)27-2/h3-10H,11-16H2,1-2H3. The van der Waals surface area contributed by atoms with Crippen LogP contribution in [0, 0.1) is 6.92 Å². The zero-order valence-corrected chi connectivity index (χ0v) is 17.1. The molecule has 0 unspecified atom stereocenters.